The molecular formula is C13H18N2O7S2. The van der Waals surface area contributed by atoms with Crippen LogP contribution >= 0.6 is 0 Å². The van der Waals surface area contributed by atoms with E-state index in [1.165, 1.54) is 26.4 Å². The van der Waals surface area contributed by atoms with E-state index in [1.807, 2.05) is 0 Å². The Kier molecular flexibility index (Phi) is 5.48. The molecule has 1 amide bonds. The summed E-state index contributed by atoms with van der Waals surface area (Å²) in [6, 6.07) is 3.74. The summed E-state index contributed by atoms with van der Waals surface area (Å²) in [5.74, 6) is -0.866. The fraction of sp³-hybridized carbons (Fsp3) is 0.462. The third kappa shape index (κ3) is 3.69. The summed E-state index contributed by atoms with van der Waals surface area (Å²) in [5, 5.41) is 0. The Hall–Kier alpha value is -1.69. The van der Waals surface area contributed by atoms with Gasteiger partial charge in [-0.3, -0.25) is 4.79 Å². The van der Waals surface area contributed by atoms with Gasteiger partial charge in [-0.15, -0.1) is 0 Å². The normalized spacial score (nSPS) is 17.2. The standard InChI is InChI=1S/C13H18N2O7S2/c1-21-7-6-14-24(19,20)12-9-10(3-4-11(12)22-2)15-13(16)5-8-23(15,17)18/h3-4,9,14H,5-8H2,1-2H3. The number of sulfonamides is 2. The second kappa shape index (κ2) is 7.05. The number of carbonyl (C=O) groups excluding carboxylic acids is 1. The predicted octanol–water partition coefficient (Wildman–Crippen LogP) is -0.314. The van der Waals surface area contributed by atoms with E-state index in [0.717, 1.165) is 6.07 Å². The SMILES string of the molecule is COCCNS(=O)(=O)c1cc(N2C(=O)CCS2(=O)=O)ccc1OC. The number of ether oxygens (including phenoxy) is 2. The number of nitrogens with zero attached hydrogens (tertiary/aromatic N) is 1. The van der Waals surface area contributed by atoms with Crippen LogP contribution in [0.15, 0.2) is 23.1 Å². The molecule has 0 saturated carbocycles. The number of rotatable bonds is 7. The molecule has 0 aromatic heterocycles. The third-order valence-electron chi connectivity index (χ3n) is 3.35. The number of benzene rings is 1. The molecule has 11 heteroatoms. The second-order valence-corrected chi connectivity index (χ2v) is 8.62. The Morgan fingerprint density at radius 2 is 2.00 bits per heavy atom. The van der Waals surface area contributed by atoms with Crippen molar-refractivity contribution in [2.24, 2.45) is 0 Å². The number of hydrogen-bond acceptors (Lipinski definition) is 7. The van der Waals surface area contributed by atoms with Crippen LogP contribution in [-0.2, 0) is 29.6 Å². The number of amides is 1. The fourth-order valence-corrected chi connectivity index (χ4v) is 4.88. The predicted molar refractivity (Wildman–Crippen MR) is 85.9 cm³/mol. The molecule has 0 unspecified atom stereocenters. The van der Waals surface area contributed by atoms with Crippen LogP contribution in [0.3, 0.4) is 0 Å². The first kappa shape index (κ1) is 18.6. The van der Waals surface area contributed by atoms with Crippen LogP contribution in [0.4, 0.5) is 5.69 Å². The minimum Gasteiger partial charge on any atom is -0.495 e. The monoisotopic (exact) mass is 378 g/mol. The maximum Gasteiger partial charge on any atom is 0.244 e. The molecule has 24 heavy (non-hydrogen) atoms. The van der Waals surface area contributed by atoms with Gasteiger partial charge in [0.1, 0.15) is 10.6 Å². The topological polar surface area (TPSA) is 119 Å². The van der Waals surface area contributed by atoms with Crippen LogP contribution in [0.2, 0.25) is 0 Å². The van der Waals surface area contributed by atoms with Crippen molar-refractivity contribution >= 4 is 31.6 Å². The molecule has 1 aromatic carbocycles. The van der Waals surface area contributed by atoms with Crippen LogP contribution in [0.1, 0.15) is 6.42 Å². The molecule has 134 valence electrons. The van der Waals surface area contributed by atoms with Gasteiger partial charge in [-0.1, -0.05) is 0 Å². The minimum atomic E-state index is -3.97. The molecule has 9 nitrogen and oxygen atoms in total. The summed E-state index contributed by atoms with van der Waals surface area (Å²) in [6.45, 7) is 0.202. The van der Waals surface area contributed by atoms with Crippen LogP contribution in [0, 0.1) is 0 Å². The molecule has 1 N–H and O–H groups in total. The summed E-state index contributed by atoms with van der Waals surface area (Å²) < 4.78 is 61.5. The highest BCUT2D eigenvalue weighted by Crippen LogP contribution is 2.32. The molecule has 2 rings (SSSR count). The zero-order valence-corrected chi connectivity index (χ0v) is 14.8. The first-order valence-corrected chi connectivity index (χ1v) is 10.0. The average molecular weight is 378 g/mol. The summed E-state index contributed by atoms with van der Waals surface area (Å²) in [6.07, 6.45) is -0.136. The summed E-state index contributed by atoms with van der Waals surface area (Å²) in [4.78, 5) is 11.6. The Balaban J connectivity index is 2.47. The second-order valence-electron chi connectivity index (χ2n) is 4.95. The zero-order valence-electron chi connectivity index (χ0n) is 13.2. The Morgan fingerprint density at radius 1 is 1.29 bits per heavy atom. The minimum absolute atomic E-state index is 0.0349. The van der Waals surface area contributed by atoms with Gasteiger partial charge in [0.25, 0.3) is 0 Å². The number of carbonyl (C=O) groups is 1. The van der Waals surface area contributed by atoms with E-state index in [2.05, 4.69) is 4.72 Å². The molecule has 0 aliphatic carbocycles. The van der Waals surface area contributed by atoms with Crippen LogP contribution in [-0.4, -0.2) is 55.9 Å². The smallest absolute Gasteiger partial charge is 0.244 e. The van der Waals surface area contributed by atoms with Crippen molar-refractivity contribution in [3.05, 3.63) is 18.2 Å². The van der Waals surface area contributed by atoms with E-state index in [0.29, 0.717) is 4.31 Å². The van der Waals surface area contributed by atoms with Gasteiger partial charge in [0.05, 0.1) is 25.2 Å². The zero-order chi connectivity index (χ0) is 18.0. The quantitative estimate of drug-likeness (QED) is 0.646. The highest BCUT2D eigenvalue weighted by molar-refractivity contribution is 7.94. The molecule has 0 bridgehead atoms. The van der Waals surface area contributed by atoms with Crippen molar-refractivity contribution in [2.75, 3.05) is 37.4 Å². The third-order valence-corrected chi connectivity index (χ3v) is 6.52. The summed E-state index contributed by atoms with van der Waals surface area (Å²) in [5.41, 5.74) is -0.0367. The first-order chi connectivity index (χ1) is 11.2. The van der Waals surface area contributed by atoms with Gasteiger partial charge in [-0.25, -0.2) is 25.9 Å². The molecule has 1 aromatic rings. The highest BCUT2D eigenvalue weighted by Gasteiger charge is 2.37. The lowest BCUT2D eigenvalue weighted by molar-refractivity contribution is -0.116. The van der Waals surface area contributed by atoms with Crippen molar-refractivity contribution in [1.29, 1.82) is 0 Å². The summed E-state index contributed by atoms with van der Waals surface area (Å²) >= 11 is 0. The first-order valence-electron chi connectivity index (χ1n) is 6.95. The lowest BCUT2D eigenvalue weighted by Gasteiger charge is -2.17. The molecule has 1 heterocycles. The van der Waals surface area contributed by atoms with E-state index in [4.69, 9.17) is 9.47 Å². The number of anilines is 1. The summed E-state index contributed by atoms with van der Waals surface area (Å²) in [7, 11) is -5.03. The van der Waals surface area contributed by atoms with Crippen LogP contribution < -0.4 is 13.8 Å². The average Bonchev–Trinajstić information content (AvgIpc) is 2.80. The fourth-order valence-electron chi connectivity index (χ4n) is 2.23. The lowest BCUT2D eigenvalue weighted by Crippen LogP contribution is -2.30. The molecule has 1 aliphatic heterocycles. The Labute approximate surface area is 140 Å². The number of methoxy groups -OCH3 is 2. The molecule has 1 aliphatic rings. The van der Waals surface area contributed by atoms with Crippen LogP contribution in [0.25, 0.3) is 0 Å². The van der Waals surface area contributed by atoms with Gasteiger partial charge < -0.3 is 9.47 Å². The van der Waals surface area contributed by atoms with Gasteiger partial charge in [0.2, 0.25) is 26.0 Å². The van der Waals surface area contributed by atoms with Gasteiger partial charge in [0, 0.05) is 20.1 Å². The highest BCUT2D eigenvalue weighted by atomic mass is 32.2. The molecule has 1 saturated heterocycles. The van der Waals surface area contributed by atoms with E-state index in [1.54, 1.807) is 0 Å². The van der Waals surface area contributed by atoms with Gasteiger partial charge >= 0.3 is 0 Å². The molecular weight excluding hydrogens is 360 g/mol. The lowest BCUT2D eigenvalue weighted by atomic mass is 10.3. The number of hydrogen-bond donors (Lipinski definition) is 1. The van der Waals surface area contributed by atoms with Crippen molar-refractivity contribution in [2.45, 2.75) is 11.3 Å². The van der Waals surface area contributed by atoms with Crippen LogP contribution in [0.5, 0.6) is 5.75 Å². The van der Waals surface area contributed by atoms with E-state index >= 15 is 0 Å². The molecule has 0 atom stereocenters. The van der Waals surface area contributed by atoms with Crippen molar-refractivity contribution in [1.82, 2.24) is 4.72 Å². The molecule has 0 radical (unpaired) electrons. The molecule has 1 fully saturated rings. The van der Waals surface area contributed by atoms with Crippen molar-refractivity contribution < 1.29 is 31.1 Å². The van der Waals surface area contributed by atoms with Gasteiger partial charge in [-0.05, 0) is 18.2 Å². The van der Waals surface area contributed by atoms with E-state index < -0.39 is 26.0 Å². The maximum atomic E-state index is 12.4. The Bertz CT molecular complexity index is 834. The van der Waals surface area contributed by atoms with Gasteiger partial charge in [0.15, 0.2) is 0 Å². The molecule has 0 spiro atoms. The van der Waals surface area contributed by atoms with E-state index in [9.17, 15) is 21.6 Å². The Morgan fingerprint density at radius 3 is 2.54 bits per heavy atom. The van der Waals surface area contributed by atoms with Crippen molar-refractivity contribution in [3.63, 3.8) is 0 Å². The van der Waals surface area contributed by atoms with Gasteiger partial charge in [-0.2, -0.15) is 0 Å². The van der Waals surface area contributed by atoms with E-state index in [-0.39, 0.29) is 41.7 Å². The van der Waals surface area contributed by atoms with Crippen molar-refractivity contribution in [3.8, 4) is 5.75 Å². The maximum absolute atomic E-state index is 12.4. The largest absolute Gasteiger partial charge is 0.495 e. The number of nitrogens with one attached hydrogen (secondary N) is 1.